The number of esters is 1. The number of methoxy groups -OCH3 is 1. The lowest BCUT2D eigenvalue weighted by atomic mass is 10.0. The molecule has 17 heteroatoms. The number of anilines is 2. The molecule has 0 atom stereocenters. The molecule has 0 bridgehead atoms. The number of para-hydroxylation sites is 2. The number of carbonyl (C=O) groups excluding carboxylic acids is 1. The van der Waals surface area contributed by atoms with Gasteiger partial charge >= 0.3 is 5.97 Å². The average Bonchev–Trinajstić information content (AvgIpc) is 4.20. The highest BCUT2D eigenvalue weighted by molar-refractivity contribution is 6.54. The molecule has 0 aliphatic rings. The van der Waals surface area contributed by atoms with Crippen molar-refractivity contribution in [2.75, 3.05) is 44.8 Å². The number of hydrogen-bond acceptors (Lipinski definition) is 13. The van der Waals surface area contributed by atoms with Crippen molar-refractivity contribution in [1.29, 1.82) is 0 Å². The molecule has 0 saturated carbocycles. The first-order valence-corrected chi connectivity index (χ1v) is 28.9. The Morgan fingerprint density at radius 3 is 1.72 bits per heavy atom. The number of carbonyl (C=O) groups is 1. The molecule has 75 heavy (non-hydrogen) atoms. The average molecular weight is 1020 g/mol. The number of H-pyrrole nitrogens is 3. The predicted octanol–water partition coefficient (Wildman–Crippen LogP) is 11.6. The quantitative estimate of drug-likeness (QED) is 0.0437. The lowest BCUT2D eigenvalue weighted by Crippen LogP contribution is -2.22. The lowest BCUT2D eigenvalue weighted by molar-refractivity contribution is 0.0596. The minimum atomic E-state index is -0.470. The molecular formula is C58H65AlN14O2. The van der Waals surface area contributed by atoms with Gasteiger partial charge in [0.25, 0.3) is 14.1 Å². The van der Waals surface area contributed by atoms with Crippen molar-refractivity contribution in [1.82, 2.24) is 60.1 Å². The van der Waals surface area contributed by atoms with E-state index in [0.29, 0.717) is 28.1 Å². The van der Waals surface area contributed by atoms with Gasteiger partial charge in [-0.3, -0.25) is 30.0 Å². The predicted molar refractivity (Wildman–Crippen MR) is 308 cm³/mol. The summed E-state index contributed by atoms with van der Waals surface area (Å²) in [5, 5.41) is 20.2. The highest BCUT2D eigenvalue weighted by atomic mass is 27.2. The highest BCUT2D eigenvalue weighted by Gasteiger charge is 2.19. The van der Waals surface area contributed by atoms with Crippen molar-refractivity contribution in [2.45, 2.75) is 58.1 Å². The summed E-state index contributed by atoms with van der Waals surface area (Å²) in [6, 6.07) is 32.4. The summed E-state index contributed by atoms with van der Waals surface area (Å²) in [6.45, 7) is 14.5. The van der Waals surface area contributed by atoms with Crippen LogP contribution in [0, 0.1) is 0 Å². The van der Waals surface area contributed by atoms with Crippen LogP contribution in [-0.4, -0.2) is 114 Å². The van der Waals surface area contributed by atoms with Crippen LogP contribution in [0.25, 0.3) is 88.4 Å². The number of aromatic amines is 3. The Hall–Kier alpha value is -8.07. The molecule has 0 aliphatic carbocycles. The van der Waals surface area contributed by atoms with Gasteiger partial charge in [-0.05, 0) is 72.3 Å². The Morgan fingerprint density at radius 2 is 1.13 bits per heavy atom. The molecule has 0 spiro atoms. The van der Waals surface area contributed by atoms with Crippen molar-refractivity contribution >= 4 is 86.1 Å². The fourth-order valence-electron chi connectivity index (χ4n) is 8.71. The van der Waals surface area contributed by atoms with E-state index < -0.39 is 5.97 Å². The van der Waals surface area contributed by atoms with E-state index in [1.54, 1.807) is 12.4 Å². The first kappa shape index (κ1) is 53.2. The second kappa shape index (κ2) is 24.8. The fourth-order valence-corrected chi connectivity index (χ4v) is 8.71. The van der Waals surface area contributed by atoms with Gasteiger partial charge < -0.3 is 21.2 Å². The molecule has 11 rings (SSSR count). The Balaban J connectivity index is 0.000000157. The molecule has 0 saturated heterocycles. The summed E-state index contributed by atoms with van der Waals surface area (Å²) in [6.07, 6.45) is 11.0. The SMILES string of the molecule is CCN(CC)Cc1cccc(N)c1N.CCN(CC)Cc1cccc2[nH]c(-c3[nH]nc4ncc(-c5cncc6ccccc56)cc34)nc12.COC(=O)c1[nH]nc2ncc(-c3cncc4ccccc34)cc12.[CH3][Al]([CH3])[CH3]. The van der Waals surface area contributed by atoms with Crippen molar-refractivity contribution in [2.24, 2.45) is 0 Å². The van der Waals surface area contributed by atoms with Gasteiger partial charge in [-0.1, -0.05) is 100 Å². The van der Waals surface area contributed by atoms with E-state index in [4.69, 9.17) is 21.2 Å². The minimum Gasteiger partial charge on any atom is -0.464 e. The maximum atomic E-state index is 11.8. The minimum absolute atomic E-state index is 0.139. The third-order valence-corrected chi connectivity index (χ3v) is 12.8. The second-order valence-corrected chi connectivity index (χ2v) is 22.1. The van der Waals surface area contributed by atoms with Crippen LogP contribution in [0.3, 0.4) is 0 Å². The first-order chi connectivity index (χ1) is 36.4. The van der Waals surface area contributed by atoms with E-state index in [1.807, 2.05) is 85.5 Å². The Morgan fingerprint density at radius 1 is 0.613 bits per heavy atom. The van der Waals surface area contributed by atoms with Crippen molar-refractivity contribution in [3.63, 3.8) is 0 Å². The van der Waals surface area contributed by atoms with Crippen molar-refractivity contribution in [3.8, 4) is 33.8 Å². The Labute approximate surface area is 441 Å². The van der Waals surface area contributed by atoms with Gasteiger partial charge in [0.2, 0.25) is 0 Å². The molecule has 7 aromatic heterocycles. The summed E-state index contributed by atoms with van der Waals surface area (Å²) < 4.78 is 4.77. The number of aromatic nitrogens is 10. The molecule has 382 valence electrons. The standard InChI is InChI=1S/C27H25N7.C17H12N4O2.C11H19N3.3CH3.Al/c1-3-34(4-2)16-18-9-7-11-23-24(18)31-27(30-23)25-21-12-19(14-29-26(21)33-32-25)22-15-28-13-17-8-5-6-10-20(17)22;1-23-17(22)15-13-6-11(8-19-16(13)21-20-15)14-9-18-7-10-4-2-3-5-12(10)14;1-3-14(4-2)8-9-6-5-7-10(12)11(9)13;;;;/h5-15H,3-4,16H2,1-2H3,(H,30,31)(H,29,32,33);2-9H,1H3,(H,19,20,21);5-7H,3-4,8,12-13H2,1-2H3;3*1H3;. The van der Waals surface area contributed by atoms with Gasteiger partial charge in [0, 0.05) is 83.3 Å². The number of nitrogen functional groups attached to an aromatic ring is 2. The van der Waals surface area contributed by atoms with E-state index in [2.05, 4.69) is 137 Å². The number of hydrogen-bond donors (Lipinski definition) is 5. The smallest absolute Gasteiger partial charge is 0.356 e. The second-order valence-electron chi connectivity index (χ2n) is 18.7. The van der Waals surface area contributed by atoms with Crippen LogP contribution in [0.4, 0.5) is 11.4 Å². The molecule has 7 N–H and O–H groups in total. The monoisotopic (exact) mass is 1020 g/mol. The molecule has 0 amide bonds. The highest BCUT2D eigenvalue weighted by Crippen LogP contribution is 2.33. The number of pyridine rings is 4. The Kier molecular flexibility index (Phi) is 17.6. The van der Waals surface area contributed by atoms with E-state index in [9.17, 15) is 4.79 Å². The largest absolute Gasteiger partial charge is 0.464 e. The number of nitrogens with one attached hydrogen (secondary N) is 3. The number of benzene rings is 4. The van der Waals surface area contributed by atoms with Gasteiger partial charge in [0.1, 0.15) is 5.69 Å². The zero-order valence-electron chi connectivity index (χ0n) is 44.0. The van der Waals surface area contributed by atoms with E-state index in [-0.39, 0.29) is 14.1 Å². The van der Waals surface area contributed by atoms with Gasteiger partial charge in [0.05, 0.1) is 40.3 Å². The maximum Gasteiger partial charge on any atom is 0.356 e. The number of fused-ring (bicyclic) bond motifs is 5. The molecule has 16 nitrogen and oxygen atoms in total. The zero-order valence-corrected chi connectivity index (χ0v) is 45.2. The third-order valence-electron chi connectivity index (χ3n) is 12.8. The molecule has 4 aromatic carbocycles. The van der Waals surface area contributed by atoms with Crippen LogP contribution in [0.2, 0.25) is 17.4 Å². The number of ether oxygens (including phenoxy) is 1. The fraction of sp³-hybridized carbons (Fsp3) is 0.241. The van der Waals surface area contributed by atoms with Crippen LogP contribution < -0.4 is 11.5 Å². The third kappa shape index (κ3) is 12.3. The first-order valence-electron chi connectivity index (χ1n) is 25.4. The molecule has 0 radical (unpaired) electrons. The zero-order chi connectivity index (χ0) is 53.0. The molecule has 0 unspecified atom stereocenters. The molecule has 0 aliphatic heterocycles. The number of nitrogens with zero attached hydrogens (tertiary/aromatic N) is 9. The van der Waals surface area contributed by atoms with Crippen molar-refractivity contribution < 1.29 is 9.53 Å². The van der Waals surface area contributed by atoms with E-state index >= 15 is 0 Å². The van der Waals surface area contributed by atoms with E-state index in [1.165, 1.54) is 12.7 Å². The van der Waals surface area contributed by atoms with Gasteiger partial charge in [-0.2, -0.15) is 10.2 Å². The van der Waals surface area contributed by atoms with E-state index in [0.717, 1.165) is 122 Å². The number of rotatable bonds is 12. The number of nitrogens with two attached hydrogens (primary N) is 2. The normalized spacial score (nSPS) is 11.1. The van der Waals surface area contributed by atoms with Crippen molar-refractivity contribution in [3.05, 3.63) is 151 Å². The van der Waals surface area contributed by atoms with Crippen LogP contribution in [0.1, 0.15) is 49.3 Å². The summed E-state index contributed by atoms with van der Waals surface area (Å²) in [4.78, 5) is 42.7. The van der Waals surface area contributed by atoms with Crippen LogP contribution in [0.5, 0.6) is 0 Å². The summed E-state index contributed by atoms with van der Waals surface area (Å²) in [5.74, 6) is 7.21. The molecule has 0 fully saturated rings. The number of imidazole rings is 1. The maximum absolute atomic E-state index is 11.8. The molecular weight excluding hydrogens is 952 g/mol. The summed E-state index contributed by atoms with van der Waals surface area (Å²) in [7, 11) is 1.33. The van der Waals surface area contributed by atoms with Crippen LogP contribution >= 0.6 is 0 Å². The van der Waals surface area contributed by atoms with Gasteiger partial charge in [0.15, 0.2) is 22.8 Å². The van der Waals surface area contributed by atoms with Gasteiger partial charge in [-0.25, -0.2) is 19.7 Å². The summed E-state index contributed by atoms with van der Waals surface area (Å²) in [5.41, 5.74) is 23.5. The van der Waals surface area contributed by atoms with Crippen LogP contribution in [-0.2, 0) is 17.8 Å². The van der Waals surface area contributed by atoms with Gasteiger partial charge in [-0.15, -0.1) is 17.4 Å². The topological polar surface area (TPSA) is 222 Å². The summed E-state index contributed by atoms with van der Waals surface area (Å²) >= 11 is -0.139. The Bertz CT molecular complexity index is 3680. The molecule has 7 heterocycles. The van der Waals surface area contributed by atoms with Crippen LogP contribution in [0.15, 0.2) is 134 Å². The molecule has 11 aromatic rings. The lowest BCUT2D eigenvalue weighted by Gasteiger charge is -2.19.